The molecule has 0 spiro atoms. The molecule has 0 aliphatic carbocycles. The van der Waals surface area contributed by atoms with Crippen LogP contribution in [0.25, 0.3) is 10.1 Å². The van der Waals surface area contributed by atoms with E-state index in [9.17, 15) is 0 Å². The van der Waals surface area contributed by atoms with Crippen LogP contribution in [0.3, 0.4) is 0 Å². The van der Waals surface area contributed by atoms with Crippen molar-refractivity contribution in [2.45, 2.75) is 6.92 Å². The van der Waals surface area contributed by atoms with Crippen molar-refractivity contribution in [3.63, 3.8) is 0 Å². The molecule has 0 saturated heterocycles. The van der Waals surface area contributed by atoms with Gasteiger partial charge in [0.15, 0.2) is 0 Å². The van der Waals surface area contributed by atoms with Crippen LogP contribution in [0.4, 0.5) is 0 Å². The van der Waals surface area contributed by atoms with Gasteiger partial charge in [-0.1, -0.05) is 15.9 Å². The summed E-state index contributed by atoms with van der Waals surface area (Å²) in [7, 11) is 0. The number of hydrogen-bond acceptors (Lipinski definition) is 2. The van der Waals surface area contributed by atoms with Crippen LogP contribution in [-0.2, 0) is 0 Å². The molecule has 0 amide bonds. The molecule has 1 nitrogen and oxygen atoms in total. The Labute approximate surface area is 88.7 Å². The molecule has 2 aromatic rings. The van der Waals surface area contributed by atoms with E-state index in [-0.39, 0.29) is 0 Å². The maximum absolute atomic E-state index is 8.85. The highest BCUT2D eigenvalue weighted by molar-refractivity contribution is 9.10. The number of rotatable bonds is 0. The lowest BCUT2D eigenvalue weighted by Crippen LogP contribution is -1.75. The van der Waals surface area contributed by atoms with E-state index in [0.717, 1.165) is 15.4 Å². The predicted molar refractivity (Wildman–Crippen MR) is 59.0 cm³/mol. The van der Waals surface area contributed by atoms with Gasteiger partial charge in [0.1, 0.15) is 6.07 Å². The summed E-state index contributed by atoms with van der Waals surface area (Å²) in [6.45, 7) is 2.06. The average molecular weight is 252 g/mol. The van der Waals surface area contributed by atoms with Crippen LogP contribution in [0.1, 0.15) is 11.1 Å². The fourth-order valence-corrected chi connectivity index (χ4v) is 2.88. The molecule has 0 saturated carbocycles. The molecule has 0 atom stereocenters. The summed E-state index contributed by atoms with van der Waals surface area (Å²) < 4.78 is 2.24. The van der Waals surface area contributed by atoms with Gasteiger partial charge < -0.3 is 0 Å². The SMILES string of the molecule is Cc1cc(Br)cc2c(C#N)csc12. The van der Waals surface area contributed by atoms with E-state index in [0.29, 0.717) is 0 Å². The molecule has 0 radical (unpaired) electrons. The number of thiophene rings is 1. The molecular weight excluding hydrogens is 246 g/mol. The first-order valence-corrected chi connectivity index (χ1v) is 5.47. The maximum Gasteiger partial charge on any atom is 0.101 e. The minimum absolute atomic E-state index is 0.768. The predicted octanol–water partition coefficient (Wildman–Crippen LogP) is 3.84. The summed E-state index contributed by atoms with van der Waals surface area (Å²) in [4.78, 5) is 0. The van der Waals surface area contributed by atoms with Crippen LogP contribution in [-0.4, -0.2) is 0 Å². The lowest BCUT2D eigenvalue weighted by atomic mass is 10.1. The van der Waals surface area contributed by atoms with Gasteiger partial charge in [-0.05, 0) is 24.6 Å². The normalized spacial score (nSPS) is 10.2. The highest BCUT2D eigenvalue weighted by Gasteiger charge is 2.06. The van der Waals surface area contributed by atoms with Crippen LogP contribution in [0.15, 0.2) is 22.0 Å². The molecule has 3 heteroatoms. The molecule has 0 aliphatic heterocycles. The lowest BCUT2D eigenvalue weighted by Gasteiger charge is -1.97. The smallest absolute Gasteiger partial charge is 0.101 e. The highest BCUT2D eigenvalue weighted by Crippen LogP contribution is 2.31. The van der Waals surface area contributed by atoms with Crippen LogP contribution in [0, 0.1) is 18.3 Å². The minimum Gasteiger partial charge on any atom is -0.192 e. The third-order valence-electron chi connectivity index (χ3n) is 1.94. The number of benzene rings is 1. The van der Waals surface area contributed by atoms with Crippen molar-refractivity contribution in [2.24, 2.45) is 0 Å². The number of hydrogen-bond donors (Lipinski definition) is 0. The number of nitrogens with zero attached hydrogens (tertiary/aromatic N) is 1. The third-order valence-corrected chi connectivity index (χ3v) is 3.53. The summed E-state index contributed by atoms with van der Waals surface area (Å²) in [6.07, 6.45) is 0. The van der Waals surface area contributed by atoms with Gasteiger partial charge in [-0.2, -0.15) is 5.26 Å². The van der Waals surface area contributed by atoms with Crippen molar-refractivity contribution < 1.29 is 0 Å². The minimum atomic E-state index is 0.768. The summed E-state index contributed by atoms with van der Waals surface area (Å²) in [5.41, 5.74) is 1.99. The molecule has 0 N–H and O–H groups in total. The van der Waals surface area contributed by atoms with Crippen molar-refractivity contribution in [2.75, 3.05) is 0 Å². The molecule has 2 rings (SSSR count). The van der Waals surface area contributed by atoms with Crippen molar-refractivity contribution in [3.8, 4) is 6.07 Å². The first kappa shape index (κ1) is 8.74. The van der Waals surface area contributed by atoms with Gasteiger partial charge in [0.25, 0.3) is 0 Å². The number of nitriles is 1. The van der Waals surface area contributed by atoms with E-state index in [1.165, 1.54) is 10.3 Å². The monoisotopic (exact) mass is 251 g/mol. The fourth-order valence-electron chi connectivity index (χ4n) is 1.35. The largest absolute Gasteiger partial charge is 0.192 e. The second kappa shape index (κ2) is 3.13. The molecule has 1 heterocycles. The highest BCUT2D eigenvalue weighted by atomic mass is 79.9. The van der Waals surface area contributed by atoms with E-state index in [4.69, 9.17) is 5.26 Å². The molecular formula is C10H6BrNS. The molecule has 0 aliphatic rings. The van der Waals surface area contributed by atoms with Crippen molar-refractivity contribution >= 4 is 37.4 Å². The summed E-state index contributed by atoms with van der Waals surface area (Å²) >= 11 is 5.06. The third kappa shape index (κ3) is 1.37. The molecule has 0 bridgehead atoms. The van der Waals surface area contributed by atoms with Gasteiger partial charge in [0.2, 0.25) is 0 Å². The van der Waals surface area contributed by atoms with Crippen molar-refractivity contribution in [3.05, 3.63) is 33.1 Å². The number of fused-ring (bicyclic) bond motifs is 1. The molecule has 13 heavy (non-hydrogen) atoms. The van der Waals surface area contributed by atoms with E-state index in [2.05, 4.69) is 35.0 Å². The number of halogens is 1. The Kier molecular flexibility index (Phi) is 2.10. The van der Waals surface area contributed by atoms with Crippen molar-refractivity contribution in [1.82, 2.24) is 0 Å². The van der Waals surface area contributed by atoms with E-state index < -0.39 is 0 Å². The summed E-state index contributed by atoms with van der Waals surface area (Å²) in [5.74, 6) is 0. The Morgan fingerprint density at radius 3 is 2.92 bits per heavy atom. The Morgan fingerprint density at radius 1 is 1.46 bits per heavy atom. The van der Waals surface area contributed by atoms with E-state index in [1.54, 1.807) is 11.3 Å². The van der Waals surface area contributed by atoms with E-state index in [1.807, 2.05) is 11.4 Å². The average Bonchev–Trinajstić information content (AvgIpc) is 2.47. The molecule has 64 valence electrons. The Bertz CT molecular complexity index is 507. The Balaban J connectivity index is 2.92. The van der Waals surface area contributed by atoms with Crippen LogP contribution < -0.4 is 0 Å². The standard InChI is InChI=1S/C10H6BrNS/c1-6-2-8(11)3-9-7(4-12)5-13-10(6)9/h2-3,5H,1H3. The first-order chi connectivity index (χ1) is 6.22. The van der Waals surface area contributed by atoms with E-state index >= 15 is 0 Å². The Hall–Kier alpha value is -0.850. The Morgan fingerprint density at radius 2 is 2.23 bits per heavy atom. The van der Waals surface area contributed by atoms with Gasteiger partial charge in [-0.25, -0.2) is 0 Å². The van der Waals surface area contributed by atoms with Crippen LogP contribution in [0.2, 0.25) is 0 Å². The zero-order valence-corrected chi connectivity index (χ0v) is 9.37. The molecule has 1 aromatic heterocycles. The quantitative estimate of drug-likeness (QED) is 0.698. The topological polar surface area (TPSA) is 23.8 Å². The zero-order chi connectivity index (χ0) is 9.42. The summed E-state index contributed by atoms with van der Waals surface area (Å²) in [5, 5.41) is 11.8. The maximum atomic E-state index is 8.85. The number of aryl methyl sites for hydroxylation is 1. The van der Waals surface area contributed by atoms with Crippen LogP contribution in [0.5, 0.6) is 0 Å². The van der Waals surface area contributed by atoms with Crippen molar-refractivity contribution in [1.29, 1.82) is 5.26 Å². The zero-order valence-electron chi connectivity index (χ0n) is 6.97. The molecule has 0 unspecified atom stereocenters. The van der Waals surface area contributed by atoms with Gasteiger partial charge in [0, 0.05) is 19.9 Å². The fraction of sp³-hybridized carbons (Fsp3) is 0.100. The second-order valence-corrected chi connectivity index (χ2v) is 4.66. The second-order valence-electron chi connectivity index (χ2n) is 2.86. The lowest BCUT2D eigenvalue weighted by molar-refractivity contribution is 1.51. The first-order valence-electron chi connectivity index (χ1n) is 3.80. The van der Waals surface area contributed by atoms with Gasteiger partial charge in [0.05, 0.1) is 5.56 Å². The van der Waals surface area contributed by atoms with Gasteiger partial charge in [-0.15, -0.1) is 11.3 Å². The van der Waals surface area contributed by atoms with Gasteiger partial charge in [-0.3, -0.25) is 0 Å². The molecule has 0 fully saturated rings. The molecule has 1 aromatic carbocycles. The van der Waals surface area contributed by atoms with Gasteiger partial charge >= 0.3 is 0 Å². The summed E-state index contributed by atoms with van der Waals surface area (Å²) in [6, 6.07) is 6.26. The van der Waals surface area contributed by atoms with Crippen LogP contribution >= 0.6 is 27.3 Å².